The number of hydrogen-bond acceptors (Lipinski definition) is 10. The van der Waals surface area contributed by atoms with E-state index < -0.39 is 30.0 Å². The molecule has 14 heteroatoms. The summed E-state index contributed by atoms with van der Waals surface area (Å²) in [7, 11) is -1.39. The van der Waals surface area contributed by atoms with E-state index in [9.17, 15) is 23.7 Å². The number of piperidine rings is 2. The van der Waals surface area contributed by atoms with Crippen molar-refractivity contribution in [2.24, 2.45) is 11.8 Å². The van der Waals surface area contributed by atoms with Crippen LogP contribution >= 0.6 is 7.60 Å². The number of aldehydes is 1. The number of carbonyl (C=O) groups excluding carboxylic acids is 4. The van der Waals surface area contributed by atoms with Crippen molar-refractivity contribution < 1.29 is 47.1 Å². The summed E-state index contributed by atoms with van der Waals surface area (Å²) < 4.78 is 30.9. The fourth-order valence-electron chi connectivity index (χ4n) is 4.21. The smallest absolute Gasteiger partial charge is 0.444 e. The molecule has 2 aliphatic rings. The number of ether oxygens (including phenoxy) is 2. The van der Waals surface area contributed by atoms with Crippen LogP contribution in [0.2, 0.25) is 0 Å². The van der Waals surface area contributed by atoms with Gasteiger partial charge in [-0.3, -0.25) is 4.79 Å². The molecule has 2 aliphatic heterocycles. The lowest BCUT2D eigenvalue weighted by molar-refractivity contribution is -0.133. The third kappa shape index (κ3) is 16.2. The summed E-state index contributed by atoms with van der Waals surface area (Å²) in [6.45, 7) is 15.3. The number of likely N-dealkylation sites (tertiary alicyclic amines) is 2. The second-order valence-corrected chi connectivity index (χ2v) is 14.6. The number of rotatable bonds is 7. The zero-order valence-electron chi connectivity index (χ0n) is 27.8. The van der Waals surface area contributed by atoms with Gasteiger partial charge in [-0.25, -0.2) is 14.2 Å². The van der Waals surface area contributed by atoms with Gasteiger partial charge in [-0.1, -0.05) is 0 Å². The highest BCUT2D eigenvalue weighted by molar-refractivity contribution is 7.74. The molecule has 2 fully saturated rings. The van der Waals surface area contributed by atoms with Crippen molar-refractivity contribution in [3.63, 3.8) is 0 Å². The minimum absolute atomic E-state index is 0.202. The van der Waals surface area contributed by atoms with Gasteiger partial charge in [0.2, 0.25) is 0 Å². The predicted octanol–water partition coefficient (Wildman–Crippen LogP) is 5.58. The SMILES string of the molecule is C#CCC1CCN(C(=O)OC(C)(C)C)CC1.CC(C)(C)OC(=O)N1CCC(CC=O)CC1.COP(=O)(OC)C(=[N+]=N)C(C)=O. The quantitative estimate of drug-likeness (QED) is 0.0930. The third-order valence-electron chi connectivity index (χ3n) is 6.53. The van der Waals surface area contributed by atoms with Crippen LogP contribution in [0.25, 0.3) is 0 Å². The van der Waals surface area contributed by atoms with Gasteiger partial charge in [-0.15, -0.1) is 12.3 Å². The maximum atomic E-state index is 11.7. The molecular formula is C30H52N4O9P+. The molecule has 1 N–H and O–H groups in total. The van der Waals surface area contributed by atoms with Crippen LogP contribution in [0.3, 0.4) is 0 Å². The van der Waals surface area contributed by atoms with E-state index in [-0.39, 0.29) is 12.2 Å². The summed E-state index contributed by atoms with van der Waals surface area (Å²) >= 11 is 0. The van der Waals surface area contributed by atoms with Crippen molar-refractivity contribution in [3.8, 4) is 12.3 Å². The second-order valence-electron chi connectivity index (χ2n) is 12.5. The number of amides is 2. The summed E-state index contributed by atoms with van der Waals surface area (Å²) in [6, 6.07) is 0. The Morgan fingerprint density at radius 2 is 1.27 bits per heavy atom. The second kappa shape index (κ2) is 19.4. The van der Waals surface area contributed by atoms with E-state index in [0.717, 1.165) is 72.6 Å². The molecular weight excluding hydrogens is 591 g/mol. The molecule has 13 nitrogen and oxygen atoms in total. The van der Waals surface area contributed by atoms with E-state index in [4.69, 9.17) is 21.4 Å². The number of nitrogens with one attached hydrogen (secondary N) is 1. The van der Waals surface area contributed by atoms with Gasteiger partial charge in [0.1, 0.15) is 17.5 Å². The highest BCUT2D eigenvalue weighted by Crippen LogP contribution is 2.47. The average Bonchev–Trinajstić information content (AvgIpc) is 2.93. The fourth-order valence-corrected chi connectivity index (χ4v) is 5.21. The maximum absolute atomic E-state index is 11.7. The van der Waals surface area contributed by atoms with Crippen LogP contribution < -0.4 is 0 Å². The Hall–Kier alpha value is -3.03. The summed E-state index contributed by atoms with van der Waals surface area (Å²) in [5.74, 6) is 3.10. The number of carbonyl (C=O) groups is 4. The molecule has 2 heterocycles. The van der Waals surface area contributed by atoms with Crippen molar-refractivity contribution in [2.75, 3.05) is 40.4 Å². The monoisotopic (exact) mass is 643 g/mol. The first kappa shape index (κ1) is 41.0. The molecule has 0 spiro atoms. The van der Waals surface area contributed by atoms with E-state index in [1.807, 2.05) is 41.5 Å². The van der Waals surface area contributed by atoms with E-state index in [1.165, 1.54) is 0 Å². The maximum Gasteiger partial charge on any atom is 0.492 e. The molecule has 2 amide bonds. The topological polar surface area (TPSA) is 167 Å². The van der Waals surface area contributed by atoms with Crippen LogP contribution in [0.1, 0.15) is 87.0 Å². The lowest BCUT2D eigenvalue weighted by Crippen LogP contribution is -2.41. The molecule has 0 bridgehead atoms. The molecule has 0 atom stereocenters. The molecule has 0 aromatic heterocycles. The molecule has 0 unspecified atom stereocenters. The lowest BCUT2D eigenvalue weighted by Gasteiger charge is -2.32. The van der Waals surface area contributed by atoms with Crippen LogP contribution in [0.5, 0.6) is 0 Å². The first-order valence-electron chi connectivity index (χ1n) is 14.7. The Bertz CT molecular complexity index is 1080. The standard InChI is InChI=1S/C13H21NO2.C12H21NO3.C5H10N2O4P/c1-5-6-11-7-9-14(10-8-11)12(15)16-13(2,3)4;1-12(2,3)16-11(15)13-7-4-10(5-8-13)6-9-14;1-4(8)5(7-6)12(9,10-2)11-3/h1,11H,6-10H2,2-4H3;9-10H,4-8H2,1-3H3;6H,1-3H3/q;;+1. The van der Waals surface area contributed by atoms with Crippen molar-refractivity contribution in [3.05, 3.63) is 0 Å². The minimum atomic E-state index is -3.63. The highest BCUT2D eigenvalue weighted by atomic mass is 31.2. The molecule has 0 aliphatic carbocycles. The predicted molar refractivity (Wildman–Crippen MR) is 165 cm³/mol. The largest absolute Gasteiger partial charge is 0.492 e. The number of terminal acetylenes is 1. The Balaban J connectivity index is 0.000000639. The molecule has 0 aromatic rings. The van der Waals surface area contributed by atoms with Crippen molar-refractivity contribution in [1.82, 2.24) is 9.80 Å². The molecule has 250 valence electrons. The normalized spacial score (nSPS) is 16.1. The van der Waals surface area contributed by atoms with Gasteiger partial charge in [-0.2, -0.15) is 0 Å². The van der Waals surface area contributed by atoms with E-state index in [2.05, 4.69) is 19.8 Å². The average molecular weight is 644 g/mol. The Kier molecular flexibility index (Phi) is 18.0. The first-order valence-corrected chi connectivity index (χ1v) is 16.2. The number of Topliss-reactive ketones (excluding diaryl/α,β-unsaturated/α-hetero) is 1. The van der Waals surface area contributed by atoms with Crippen LogP contribution in [0, 0.1) is 29.7 Å². The van der Waals surface area contributed by atoms with E-state index >= 15 is 0 Å². The summed E-state index contributed by atoms with van der Waals surface area (Å²) in [5, 5.41) is 0. The Labute approximate surface area is 262 Å². The van der Waals surface area contributed by atoms with Gasteiger partial charge in [-0.05, 0) is 79.1 Å². The lowest BCUT2D eigenvalue weighted by atomic mass is 9.94. The molecule has 0 aromatic carbocycles. The van der Waals surface area contributed by atoms with E-state index in [0.29, 0.717) is 31.3 Å². The Morgan fingerprint density at radius 1 is 0.886 bits per heavy atom. The number of nitrogens with zero attached hydrogens (tertiary/aromatic N) is 3. The third-order valence-corrected chi connectivity index (χ3v) is 8.42. The zero-order valence-corrected chi connectivity index (χ0v) is 28.7. The Morgan fingerprint density at radius 3 is 1.52 bits per heavy atom. The summed E-state index contributed by atoms with van der Waals surface area (Å²) in [5.41, 5.74) is 5.25. The molecule has 2 saturated heterocycles. The van der Waals surface area contributed by atoms with Gasteiger partial charge < -0.3 is 33.1 Å². The molecule has 44 heavy (non-hydrogen) atoms. The van der Waals surface area contributed by atoms with Crippen molar-refractivity contribution in [1.29, 1.82) is 5.53 Å². The number of ketones is 1. The van der Waals surface area contributed by atoms with Gasteiger partial charge in [0.25, 0.3) is 5.78 Å². The van der Waals surface area contributed by atoms with Gasteiger partial charge in [0.15, 0.2) is 0 Å². The molecule has 0 radical (unpaired) electrons. The highest BCUT2D eigenvalue weighted by Gasteiger charge is 2.44. The minimum Gasteiger partial charge on any atom is -0.444 e. The van der Waals surface area contributed by atoms with Crippen LogP contribution in [0.15, 0.2) is 0 Å². The number of hydrogen-bond donors (Lipinski definition) is 1. The summed E-state index contributed by atoms with van der Waals surface area (Å²) in [4.78, 5) is 50.9. The van der Waals surface area contributed by atoms with E-state index in [1.54, 1.807) is 9.80 Å². The zero-order chi connectivity index (χ0) is 34.1. The van der Waals surface area contributed by atoms with Gasteiger partial charge in [0, 0.05) is 60.2 Å². The van der Waals surface area contributed by atoms with Crippen molar-refractivity contribution in [2.45, 2.75) is 98.2 Å². The molecule has 0 saturated carbocycles. The van der Waals surface area contributed by atoms with Crippen LogP contribution in [-0.2, 0) is 32.7 Å². The summed E-state index contributed by atoms with van der Waals surface area (Å²) in [6.07, 6.45) is 11.0. The first-order chi connectivity index (χ1) is 20.4. The molecule has 2 rings (SSSR count). The van der Waals surface area contributed by atoms with Crippen molar-refractivity contribution >= 4 is 37.3 Å². The van der Waals surface area contributed by atoms with Crippen LogP contribution in [0.4, 0.5) is 9.59 Å². The fraction of sp³-hybridized carbons (Fsp3) is 0.767. The van der Waals surface area contributed by atoms with Crippen LogP contribution in [-0.4, -0.2) is 95.9 Å². The van der Waals surface area contributed by atoms with Gasteiger partial charge >= 0.3 is 25.2 Å². The van der Waals surface area contributed by atoms with Gasteiger partial charge in [0.05, 0.1) is 10.3 Å².